The lowest BCUT2D eigenvalue weighted by Crippen LogP contribution is -2.55. The number of nitrogens with zero attached hydrogens (tertiary/aromatic N) is 5. The van der Waals surface area contributed by atoms with Crippen LogP contribution in [-0.2, 0) is 20.3 Å². The average Bonchev–Trinajstić information content (AvgIpc) is 3.69. The summed E-state index contributed by atoms with van der Waals surface area (Å²) in [5.74, 6) is -10.0. The molecule has 1 saturated heterocycles. The van der Waals surface area contributed by atoms with E-state index in [-0.39, 0.29) is 28.0 Å². The Morgan fingerprint density at radius 3 is 2.43 bits per heavy atom. The van der Waals surface area contributed by atoms with E-state index < -0.39 is 59.2 Å². The Balaban J connectivity index is 1.34. The zero-order chi connectivity index (χ0) is 36.7. The molecule has 0 spiro atoms. The predicted molar refractivity (Wildman–Crippen MR) is 183 cm³/mol. The van der Waals surface area contributed by atoms with Crippen LogP contribution in [0, 0.1) is 29.0 Å². The van der Waals surface area contributed by atoms with Crippen molar-refractivity contribution in [2.24, 2.45) is 11.8 Å². The molecule has 2 heterocycles. The third-order valence-electron chi connectivity index (χ3n) is 9.89. The van der Waals surface area contributed by atoms with Gasteiger partial charge in [0.15, 0.2) is 0 Å². The summed E-state index contributed by atoms with van der Waals surface area (Å²) in [4.78, 5) is 57.5. The van der Waals surface area contributed by atoms with E-state index in [1.54, 1.807) is 17.9 Å². The maximum Gasteiger partial charge on any atom is 0.330 e. The Bertz CT molecular complexity index is 1770. The molecule has 2 N–H and O–H groups in total. The van der Waals surface area contributed by atoms with Crippen molar-refractivity contribution < 1.29 is 32.3 Å². The van der Waals surface area contributed by atoms with Gasteiger partial charge >= 0.3 is 5.92 Å². The molecule has 1 saturated carbocycles. The number of halogens is 3. The predicted octanol–water partition coefficient (Wildman–Crippen LogP) is 5.11. The van der Waals surface area contributed by atoms with Crippen molar-refractivity contribution in [2.45, 2.75) is 63.3 Å². The zero-order valence-corrected chi connectivity index (χ0v) is 29.2. The minimum atomic E-state index is -3.94. The van der Waals surface area contributed by atoms with Crippen LogP contribution in [0.15, 0.2) is 48.7 Å². The molecule has 51 heavy (non-hydrogen) atoms. The minimum absolute atomic E-state index is 0.0238. The SMILES string of the molecule is C[C@@H](c1ccc(NC(=O)[C@@H](CC(=O)C(F)(F)c2cccc(C#N)c2)C2CCCCC2)c(F)c1)[C@@H](NC(=O)c1cnns1)C(=O)N1CCN(C)CC1. The topological polar surface area (TPSA) is 148 Å². The number of piperazine rings is 1. The number of nitrogens with one attached hydrogen (secondary N) is 2. The minimum Gasteiger partial charge on any atom is -0.339 e. The second-order valence-electron chi connectivity index (χ2n) is 13.3. The van der Waals surface area contributed by atoms with Crippen LogP contribution in [0.25, 0.3) is 0 Å². The second kappa shape index (κ2) is 16.6. The molecule has 3 amide bonds. The van der Waals surface area contributed by atoms with Crippen LogP contribution >= 0.6 is 11.5 Å². The molecule has 2 aromatic carbocycles. The van der Waals surface area contributed by atoms with Crippen LogP contribution in [0.3, 0.4) is 0 Å². The average molecular weight is 724 g/mol. The molecule has 1 aromatic heterocycles. The fraction of sp³-hybridized carbons (Fsp3) is 0.472. The molecule has 270 valence electrons. The summed E-state index contributed by atoms with van der Waals surface area (Å²) in [6.45, 7) is 3.91. The number of carbonyl (C=O) groups is 4. The lowest BCUT2D eigenvalue weighted by molar-refractivity contribution is -0.147. The molecule has 11 nitrogen and oxygen atoms in total. The highest BCUT2D eigenvalue weighted by Gasteiger charge is 2.44. The second-order valence-corrected chi connectivity index (χ2v) is 14.1. The fourth-order valence-electron chi connectivity index (χ4n) is 6.72. The van der Waals surface area contributed by atoms with Gasteiger partial charge in [0.05, 0.1) is 23.5 Å². The van der Waals surface area contributed by atoms with Gasteiger partial charge in [-0.25, -0.2) is 4.39 Å². The number of hydrogen-bond donors (Lipinski definition) is 2. The lowest BCUT2D eigenvalue weighted by atomic mass is 9.76. The Labute approximate surface area is 298 Å². The summed E-state index contributed by atoms with van der Waals surface area (Å²) in [6.07, 6.45) is 4.12. The van der Waals surface area contributed by atoms with Gasteiger partial charge in [0, 0.05) is 50.0 Å². The van der Waals surface area contributed by atoms with Crippen molar-refractivity contribution in [1.29, 1.82) is 5.26 Å². The van der Waals surface area contributed by atoms with Crippen LogP contribution in [0.2, 0.25) is 0 Å². The number of Topliss-reactive ketones (excluding diaryl/α,β-unsaturated/α-hetero) is 1. The summed E-state index contributed by atoms with van der Waals surface area (Å²) in [5.41, 5.74) is -0.489. The van der Waals surface area contributed by atoms with Gasteiger partial charge in [0.1, 0.15) is 16.7 Å². The van der Waals surface area contributed by atoms with Crippen LogP contribution in [0.1, 0.15) is 77.7 Å². The first-order valence-electron chi connectivity index (χ1n) is 17.0. The molecule has 3 aromatic rings. The monoisotopic (exact) mass is 723 g/mol. The van der Waals surface area contributed by atoms with Crippen LogP contribution in [-0.4, -0.2) is 82.2 Å². The first-order chi connectivity index (χ1) is 24.4. The maximum absolute atomic E-state index is 15.7. The molecule has 1 aliphatic carbocycles. The van der Waals surface area contributed by atoms with E-state index in [4.69, 9.17) is 5.26 Å². The summed E-state index contributed by atoms with van der Waals surface area (Å²) >= 11 is 0.876. The number of nitriles is 1. The van der Waals surface area contributed by atoms with Gasteiger partial charge in [-0.05, 0) is 67.2 Å². The fourth-order valence-corrected chi connectivity index (χ4v) is 7.14. The third kappa shape index (κ3) is 8.98. The molecule has 3 atom stereocenters. The van der Waals surface area contributed by atoms with E-state index >= 15 is 13.2 Å². The summed E-state index contributed by atoms with van der Waals surface area (Å²) in [5, 5.41) is 18.1. The highest BCUT2D eigenvalue weighted by molar-refractivity contribution is 7.07. The Morgan fingerprint density at radius 2 is 1.78 bits per heavy atom. The normalized spacial score (nSPS) is 17.5. The Morgan fingerprint density at radius 1 is 1.06 bits per heavy atom. The third-order valence-corrected chi connectivity index (χ3v) is 10.6. The summed E-state index contributed by atoms with van der Waals surface area (Å²) in [7, 11) is 1.95. The van der Waals surface area contributed by atoms with Crippen molar-refractivity contribution in [1.82, 2.24) is 24.7 Å². The molecule has 0 bridgehead atoms. The van der Waals surface area contributed by atoms with Crippen molar-refractivity contribution in [3.05, 3.63) is 76.0 Å². The van der Waals surface area contributed by atoms with E-state index in [0.717, 1.165) is 42.9 Å². The molecule has 2 fully saturated rings. The van der Waals surface area contributed by atoms with Crippen molar-refractivity contribution in [3.8, 4) is 6.07 Å². The summed E-state index contributed by atoms with van der Waals surface area (Å²) < 4.78 is 50.2. The number of alkyl halides is 2. The maximum atomic E-state index is 15.7. The van der Waals surface area contributed by atoms with E-state index in [9.17, 15) is 19.2 Å². The zero-order valence-electron chi connectivity index (χ0n) is 28.4. The molecule has 2 aliphatic rings. The Kier molecular flexibility index (Phi) is 12.2. The summed E-state index contributed by atoms with van der Waals surface area (Å²) in [6, 6.07) is 9.40. The van der Waals surface area contributed by atoms with Gasteiger partial charge in [-0.3, -0.25) is 19.2 Å². The van der Waals surface area contributed by atoms with Crippen LogP contribution in [0.4, 0.5) is 18.9 Å². The van der Waals surface area contributed by atoms with Gasteiger partial charge in [-0.15, -0.1) is 5.10 Å². The first-order valence-corrected chi connectivity index (χ1v) is 17.7. The highest BCUT2D eigenvalue weighted by Crippen LogP contribution is 2.38. The molecule has 0 unspecified atom stereocenters. The van der Waals surface area contributed by atoms with E-state index in [2.05, 4.69) is 25.1 Å². The number of benzene rings is 2. The smallest absolute Gasteiger partial charge is 0.330 e. The van der Waals surface area contributed by atoms with Crippen molar-refractivity contribution in [3.63, 3.8) is 0 Å². The van der Waals surface area contributed by atoms with E-state index in [0.29, 0.717) is 44.6 Å². The number of rotatable bonds is 12. The van der Waals surface area contributed by atoms with Gasteiger partial charge in [-0.1, -0.05) is 48.9 Å². The van der Waals surface area contributed by atoms with E-state index in [1.807, 2.05) is 7.05 Å². The number of hydrogen-bond acceptors (Lipinski definition) is 9. The number of carbonyl (C=O) groups excluding carboxylic acids is 4. The molecule has 15 heteroatoms. The standard InChI is InChI=1S/C36H40F3N7O4S/c1-22(32(43-34(49)30-21-41-44-51-30)35(50)46-15-13-45(2)14-16-46)25-11-12-29(28(37)18-25)42-33(48)27(24-8-4-3-5-9-24)19-31(47)36(38,39)26-10-6-7-23(17-26)20-40/h6-7,10-12,17-18,21-22,24,27,32H,3-5,8-9,13-16,19H2,1-2H3,(H,42,48)(H,43,49)/t22-,27-,32+/m0/s1. The van der Waals surface area contributed by atoms with E-state index in [1.165, 1.54) is 36.5 Å². The van der Waals surface area contributed by atoms with Gasteiger partial charge in [0.2, 0.25) is 17.6 Å². The molecular weight excluding hydrogens is 684 g/mol. The first kappa shape index (κ1) is 37.6. The number of amides is 3. The Hall–Kier alpha value is -4.68. The number of aromatic nitrogens is 2. The van der Waals surface area contributed by atoms with Gasteiger partial charge in [-0.2, -0.15) is 14.0 Å². The quantitative estimate of drug-likeness (QED) is 0.262. The molecule has 5 rings (SSSR count). The van der Waals surface area contributed by atoms with Crippen LogP contribution < -0.4 is 10.6 Å². The number of anilines is 1. The van der Waals surface area contributed by atoms with Crippen molar-refractivity contribution in [2.75, 3.05) is 38.5 Å². The highest BCUT2D eigenvalue weighted by atomic mass is 32.1. The van der Waals surface area contributed by atoms with Gasteiger partial charge < -0.3 is 20.4 Å². The van der Waals surface area contributed by atoms with Crippen molar-refractivity contribution >= 4 is 40.7 Å². The van der Waals surface area contributed by atoms with Gasteiger partial charge in [0.25, 0.3) is 5.91 Å². The molecule has 0 radical (unpaired) electrons. The van der Waals surface area contributed by atoms with Crippen LogP contribution in [0.5, 0.6) is 0 Å². The lowest BCUT2D eigenvalue weighted by Gasteiger charge is -2.36. The number of likely N-dealkylation sites (N-methyl/N-ethyl adjacent to an activating group) is 1. The molecular formula is C36H40F3N7O4S. The largest absolute Gasteiger partial charge is 0.339 e. The number of ketones is 1. The molecule has 1 aliphatic heterocycles.